The monoisotopic (exact) mass is 451 g/mol. The zero-order chi connectivity index (χ0) is 22.7. The molecule has 35 heavy (non-hydrogen) atoms. The fourth-order valence-electron chi connectivity index (χ4n) is 9.46. The topological polar surface area (TPSA) is 15.8 Å². The second-order valence-corrected chi connectivity index (χ2v) is 11.9. The van der Waals surface area contributed by atoms with Crippen LogP contribution in [0.3, 0.4) is 0 Å². The molecule has 1 heteroatoms. The Morgan fingerprint density at radius 2 is 1.26 bits per heavy atom. The van der Waals surface area contributed by atoms with Crippen molar-refractivity contribution in [2.24, 2.45) is 23.7 Å². The normalized spacial score (nSPS) is 29.8. The van der Waals surface area contributed by atoms with Crippen molar-refractivity contribution >= 4 is 21.8 Å². The number of nitrogens with one attached hydrogen (secondary N) is 1. The number of para-hydroxylation sites is 1. The molecule has 5 aliphatic carbocycles. The van der Waals surface area contributed by atoms with Crippen LogP contribution < -0.4 is 0 Å². The van der Waals surface area contributed by atoms with E-state index in [0.29, 0.717) is 0 Å². The van der Waals surface area contributed by atoms with Crippen LogP contribution in [0.25, 0.3) is 44.1 Å². The van der Waals surface area contributed by atoms with Crippen molar-refractivity contribution in [3.8, 4) is 22.3 Å². The molecule has 0 aliphatic heterocycles. The second-order valence-electron chi connectivity index (χ2n) is 11.9. The molecule has 4 aromatic carbocycles. The molecule has 4 bridgehead atoms. The lowest BCUT2D eigenvalue weighted by Gasteiger charge is -2.61. The van der Waals surface area contributed by atoms with Gasteiger partial charge < -0.3 is 4.98 Å². The summed E-state index contributed by atoms with van der Waals surface area (Å²) < 4.78 is 0. The standard InChI is InChI=1S/C34H29N/c1-3-9-29-26(6-1)27-13-12-22(25-8-5-11-32-33(25)28-7-2-4-10-31(28)35-32)19-30(27)34(29)23-15-20-14-21(17-23)18-24(34)16-20/h1-13,19-21,23-24,35H,14-18H2. The van der Waals surface area contributed by atoms with Crippen LogP contribution >= 0.6 is 0 Å². The van der Waals surface area contributed by atoms with Gasteiger partial charge in [-0.15, -0.1) is 0 Å². The van der Waals surface area contributed by atoms with E-state index < -0.39 is 0 Å². The molecule has 4 saturated carbocycles. The number of aromatic amines is 1. The highest BCUT2D eigenvalue weighted by atomic mass is 14.7. The maximum atomic E-state index is 3.65. The molecule has 1 nitrogen and oxygen atoms in total. The van der Waals surface area contributed by atoms with E-state index in [9.17, 15) is 0 Å². The van der Waals surface area contributed by atoms with Crippen LogP contribution in [-0.4, -0.2) is 4.98 Å². The minimum absolute atomic E-state index is 0.226. The first-order valence-electron chi connectivity index (χ1n) is 13.5. The largest absolute Gasteiger partial charge is 0.354 e. The molecule has 10 rings (SSSR count). The minimum atomic E-state index is 0.226. The number of fused-ring (bicyclic) bond motifs is 6. The van der Waals surface area contributed by atoms with Crippen LogP contribution in [-0.2, 0) is 5.41 Å². The Balaban J connectivity index is 1.32. The van der Waals surface area contributed by atoms with Gasteiger partial charge in [-0.05, 0) is 107 Å². The Labute approximate surface area is 206 Å². The van der Waals surface area contributed by atoms with Crippen LogP contribution in [0.1, 0.15) is 43.2 Å². The van der Waals surface area contributed by atoms with Crippen molar-refractivity contribution in [3.05, 3.63) is 96.1 Å². The van der Waals surface area contributed by atoms with Gasteiger partial charge in [0.1, 0.15) is 0 Å². The van der Waals surface area contributed by atoms with Crippen molar-refractivity contribution in [1.82, 2.24) is 4.98 Å². The maximum Gasteiger partial charge on any atom is 0.0471 e. The van der Waals surface area contributed by atoms with E-state index in [-0.39, 0.29) is 5.41 Å². The molecule has 0 atom stereocenters. The Morgan fingerprint density at radius 3 is 2.11 bits per heavy atom. The van der Waals surface area contributed by atoms with Crippen molar-refractivity contribution < 1.29 is 0 Å². The van der Waals surface area contributed by atoms with Gasteiger partial charge in [-0.1, -0.05) is 66.7 Å². The molecule has 0 saturated heterocycles. The van der Waals surface area contributed by atoms with Crippen molar-refractivity contribution in [2.75, 3.05) is 0 Å². The van der Waals surface area contributed by atoms with Gasteiger partial charge in [0.05, 0.1) is 0 Å². The third-order valence-corrected chi connectivity index (χ3v) is 10.4. The summed E-state index contributed by atoms with van der Waals surface area (Å²) in [6.45, 7) is 0. The number of benzene rings is 4. The predicted octanol–water partition coefficient (Wildman–Crippen LogP) is 8.71. The predicted molar refractivity (Wildman–Crippen MR) is 145 cm³/mol. The van der Waals surface area contributed by atoms with Crippen LogP contribution in [0.4, 0.5) is 0 Å². The molecule has 1 N–H and O–H groups in total. The summed E-state index contributed by atoms with van der Waals surface area (Å²) in [5.41, 5.74) is 11.7. The summed E-state index contributed by atoms with van der Waals surface area (Å²) >= 11 is 0. The Kier molecular flexibility index (Phi) is 3.50. The van der Waals surface area contributed by atoms with E-state index in [1.165, 1.54) is 76.2 Å². The SMILES string of the molecule is c1ccc2c(c1)-c1ccc(-c3cccc4[nH]c5ccccc5c34)cc1C21C2CC3CC(C2)CC1C3. The van der Waals surface area contributed by atoms with Gasteiger partial charge in [0.15, 0.2) is 0 Å². The molecule has 170 valence electrons. The third-order valence-electron chi connectivity index (χ3n) is 10.4. The van der Waals surface area contributed by atoms with E-state index >= 15 is 0 Å². The first-order chi connectivity index (χ1) is 17.3. The lowest BCUT2D eigenvalue weighted by molar-refractivity contribution is -0.0399. The van der Waals surface area contributed by atoms with Crippen LogP contribution in [0, 0.1) is 23.7 Å². The maximum absolute atomic E-state index is 3.65. The number of aromatic nitrogens is 1. The average molecular weight is 452 g/mol. The highest BCUT2D eigenvalue weighted by molar-refractivity contribution is 6.14. The molecule has 1 heterocycles. The van der Waals surface area contributed by atoms with Crippen molar-refractivity contribution in [1.29, 1.82) is 0 Å². The first-order valence-corrected chi connectivity index (χ1v) is 13.5. The summed E-state index contributed by atoms with van der Waals surface area (Å²) in [6, 6.07) is 32.4. The van der Waals surface area contributed by atoms with E-state index in [2.05, 4.69) is 89.9 Å². The van der Waals surface area contributed by atoms with Gasteiger partial charge in [-0.3, -0.25) is 0 Å². The molecule has 5 aliphatic rings. The Hall–Kier alpha value is -3.32. The zero-order valence-electron chi connectivity index (χ0n) is 19.9. The number of hydrogen-bond acceptors (Lipinski definition) is 0. The summed E-state index contributed by atoms with van der Waals surface area (Å²) in [4.78, 5) is 3.65. The quantitative estimate of drug-likeness (QED) is 0.262. The molecule has 4 fully saturated rings. The molecule has 5 aromatic rings. The van der Waals surface area contributed by atoms with Crippen molar-refractivity contribution in [3.63, 3.8) is 0 Å². The molecule has 0 amide bonds. The Morgan fingerprint density at radius 1 is 0.571 bits per heavy atom. The van der Waals surface area contributed by atoms with Gasteiger partial charge in [0.25, 0.3) is 0 Å². The molecular formula is C34H29N. The van der Waals surface area contributed by atoms with Gasteiger partial charge in [0, 0.05) is 27.2 Å². The zero-order valence-corrected chi connectivity index (χ0v) is 19.9. The fourth-order valence-corrected chi connectivity index (χ4v) is 9.46. The second kappa shape index (κ2) is 6.46. The molecule has 0 radical (unpaired) electrons. The number of rotatable bonds is 1. The van der Waals surface area contributed by atoms with E-state index in [4.69, 9.17) is 0 Å². The highest BCUT2D eigenvalue weighted by Crippen LogP contribution is 2.69. The van der Waals surface area contributed by atoms with Gasteiger partial charge in [-0.2, -0.15) is 0 Å². The van der Waals surface area contributed by atoms with Crippen molar-refractivity contribution in [2.45, 2.75) is 37.5 Å². The third kappa shape index (κ3) is 2.26. The molecular weight excluding hydrogens is 422 g/mol. The molecule has 0 unspecified atom stereocenters. The lowest BCUT2D eigenvalue weighted by Crippen LogP contribution is -2.55. The average Bonchev–Trinajstić information content (AvgIpc) is 3.41. The molecule has 1 spiro atoms. The Bertz CT molecular complexity index is 1640. The summed E-state index contributed by atoms with van der Waals surface area (Å²) in [5.74, 6) is 3.56. The first kappa shape index (κ1) is 18.9. The van der Waals surface area contributed by atoms with Crippen LogP contribution in [0.2, 0.25) is 0 Å². The molecule has 1 aromatic heterocycles. The fraction of sp³-hybridized carbons (Fsp3) is 0.294. The minimum Gasteiger partial charge on any atom is -0.354 e. The number of hydrogen-bond donors (Lipinski definition) is 1. The van der Waals surface area contributed by atoms with Crippen LogP contribution in [0.15, 0.2) is 84.9 Å². The van der Waals surface area contributed by atoms with Crippen LogP contribution in [0.5, 0.6) is 0 Å². The van der Waals surface area contributed by atoms with E-state index in [1.54, 1.807) is 11.1 Å². The summed E-state index contributed by atoms with van der Waals surface area (Å²) in [5, 5.41) is 2.68. The smallest absolute Gasteiger partial charge is 0.0471 e. The summed E-state index contributed by atoms with van der Waals surface area (Å²) in [7, 11) is 0. The summed E-state index contributed by atoms with van der Waals surface area (Å²) in [6.07, 6.45) is 7.23. The van der Waals surface area contributed by atoms with E-state index in [0.717, 1.165) is 23.7 Å². The van der Waals surface area contributed by atoms with Gasteiger partial charge in [0.2, 0.25) is 0 Å². The van der Waals surface area contributed by atoms with E-state index in [1.807, 2.05) is 0 Å². The van der Waals surface area contributed by atoms with Gasteiger partial charge >= 0.3 is 0 Å². The highest BCUT2D eigenvalue weighted by Gasteiger charge is 2.61. The number of H-pyrrole nitrogens is 1. The van der Waals surface area contributed by atoms with Gasteiger partial charge in [-0.25, -0.2) is 0 Å². The lowest BCUT2D eigenvalue weighted by atomic mass is 9.43.